The summed E-state index contributed by atoms with van der Waals surface area (Å²) in [6, 6.07) is 0.0712. The van der Waals surface area contributed by atoms with Gasteiger partial charge in [0.05, 0.1) is 12.6 Å². The molecule has 0 bridgehead atoms. The Bertz CT molecular complexity index is 276. The minimum absolute atomic E-state index is 0.0712. The maximum absolute atomic E-state index is 5.95. The molecule has 0 saturated heterocycles. The predicted octanol–water partition coefficient (Wildman–Crippen LogP) is 0.949. The van der Waals surface area contributed by atoms with Crippen molar-refractivity contribution in [3.63, 3.8) is 0 Å². The first-order chi connectivity index (χ1) is 6.38. The molecule has 0 spiro atoms. The van der Waals surface area contributed by atoms with E-state index in [2.05, 4.69) is 9.98 Å². The lowest BCUT2D eigenvalue weighted by atomic mass is 9.95. The summed E-state index contributed by atoms with van der Waals surface area (Å²) < 4.78 is 0. The quantitative estimate of drug-likeness (QED) is 0.637. The van der Waals surface area contributed by atoms with E-state index in [1.54, 1.807) is 0 Å². The summed E-state index contributed by atoms with van der Waals surface area (Å²) in [6.07, 6.45) is 7.42. The Morgan fingerprint density at radius 3 is 3.00 bits per heavy atom. The number of rotatable bonds is 1. The van der Waals surface area contributed by atoms with Crippen molar-refractivity contribution in [2.75, 3.05) is 13.1 Å². The second kappa shape index (κ2) is 3.83. The molecule has 0 aromatic heterocycles. The molecule has 70 valence electrons. The van der Waals surface area contributed by atoms with Crippen LogP contribution in [0.4, 0.5) is 0 Å². The molecule has 0 aliphatic carbocycles. The Kier molecular flexibility index (Phi) is 2.54. The van der Waals surface area contributed by atoms with E-state index in [1.165, 1.54) is 24.1 Å². The molecule has 1 unspecified atom stereocenters. The number of allylic oxidation sites excluding steroid dienone is 1. The Balaban J connectivity index is 2.18. The molecule has 2 aliphatic heterocycles. The van der Waals surface area contributed by atoms with Crippen LogP contribution in [-0.2, 0) is 0 Å². The number of hydrogen-bond donors (Lipinski definition) is 1. The highest BCUT2D eigenvalue weighted by molar-refractivity contribution is 6.04. The number of nitrogens with two attached hydrogens (primary N) is 1. The van der Waals surface area contributed by atoms with E-state index < -0.39 is 0 Å². The van der Waals surface area contributed by atoms with Crippen molar-refractivity contribution in [3.8, 4) is 0 Å². The van der Waals surface area contributed by atoms with E-state index in [9.17, 15) is 0 Å². The van der Waals surface area contributed by atoms with E-state index in [4.69, 9.17) is 5.73 Å². The average molecular weight is 177 g/mol. The molecule has 2 N–H and O–H groups in total. The monoisotopic (exact) mass is 177 g/mol. The minimum atomic E-state index is 0.0712. The highest BCUT2D eigenvalue weighted by Crippen LogP contribution is 2.16. The molecule has 3 heteroatoms. The summed E-state index contributed by atoms with van der Waals surface area (Å²) in [7, 11) is 0. The van der Waals surface area contributed by atoms with Crippen LogP contribution in [0.3, 0.4) is 0 Å². The molecule has 13 heavy (non-hydrogen) atoms. The molecular weight excluding hydrogens is 162 g/mol. The molecule has 0 radical (unpaired) electrons. The summed E-state index contributed by atoms with van der Waals surface area (Å²) >= 11 is 0. The molecule has 2 rings (SSSR count). The predicted molar refractivity (Wildman–Crippen MR) is 55.6 cm³/mol. The third-order valence-corrected chi connectivity index (χ3v) is 2.52. The number of hydrogen-bond acceptors (Lipinski definition) is 3. The van der Waals surface area contributed by atoms with E-state index >= 15 is 0 Å². The third-order valence-electron chi connectivity index (χ3n) is 2.52. The molecule has 3 nitrogen and oxygen atoms in total. The molecule has 0 saturated carbocycles. The summed E-state index contributed by atoms with van der Waals surface area (Å²) in [5, 5.41) is 0. The van der Waals surface area contributed by atoms with Crippen molar-refractivity contribution in [1.82, 2.24) is 0 Å². The second-order valence-corrected chi connectivity index (χ2v) is 3.53. The lowest BCUT2D eigenvalue weighted by Gasteiger charge is -2.20. The van der Waals surface area contributed by atoms with Gasteiger partial charge in [0.1, 0.15) is 0 Å². The fourth-order valence-corrected chi connectivity index (χ4v) is 1.77. The van der Waals surface area contributed by atoms with Crippen LogP contribution in [0.2, 0.25) is 0 Å². The highest BCUT2D eigenvalue weighted by Gasteiger charge is 2.17. The maximum atomic E-state index is 5.95. The molecule has 2 aliphatic rings. The maximum Gasteiger partial charge on any atom is 0.0583 e. The van der Waals surface area contributed by atoms with Crippen LogP contribution in [0.25, 0.3) is 0 Å². The Hall–Kier alpha value is -0.960. The highest BCUT2D eigenvalue weighted by atomic mass is 14.8. The first-order valence-electron chi connectivity index (χ1n) is 4.87. The van der Waals surface area contributed by atoms with Crippen LogP contribution >= 0.6 is 0 Å². The van der Waals surface area contributed by atoms with Crippen molar-refractivity contribution < 1.29 is 0 Å². The fraction of sp³-hybridized carbons (Fsp3) is 0.600. The van der Waals surface area contributed by atoms with E-state index in [-0.39, 0.29) is 6.04 Å². The first kappa shape index (κ1) is 8.63. The first-order valence-corrected chi connectivity index (χ1v) is 4.87. The van der Waals surface area contributed by atoms with Crippen molar-refractivity contribution in [2.24, 2.45) is 15.7 Å². The zero-order valence-electron chi connectivity index (χ0n) is 7.74. The Labute approximate surface area is 78.5 Å². The lowest BCUT2D eigenvalue weighted by Crippen LogP contribution is -2.33. The van der Waals surface area contributed by atoms with Gasteiger partial charge in [0, 0.05) is 18.5 Å². The van der Waals surface area contributed by atoms with Gasteiger partial charge in [-0.3, -0.25) is 9.98 Å². The van der Waals surface area contributed by atoms with Crippen LogP contribution in [0.5, 0.6) is 0 Å². The van der Waals surface area contributed by atoms with Gasteiger partial charge in [0.2, 0.25) is 0 Å². The largest absolute Gasteiger partial charge is 0.322 e. The molecular formula is C10H15N3. The van der Waals surface area contributed by atoms with Gasteiger partial charge in [0.15, 0.2) is 0 Å². The third kappa shape index (κ3) is 1.86. The van der Waals surface area contributed by atoms with Gasteiger partial charge >= 0.3 is 0 Å². The Morgan fingerprint density at radius 2 is 2.31 bits per heavy atom. The van der Waals surface area contributed by atoms with Gasteiger partial charge in [-0.05, 0) is 30.9 Å². The van der Waals surface area contributed by atoms with Gasteiger partial charge in [-0.15, -0.1) is 0 Å². The van der Waals surface area contributed by atoms with Crippen molar-refractivity contribution in [3.05, 3.63) is 11.6 Å². The van der Waals surface area contributed by atoms with Crippen LogP contribution in [-0.4, -0.2) is 31.1 Å². The molecule has 2 heterocycles. The van der Waals surface area contributed by atoms with Crippen molar-refractivity contribution in [1.29, 1.82) is 0 Å². The number of dihydropyridines is 1. The summed E-state index contributed by atoms with van der Waals surface area (Å²) in [5.74, 6) is 0. The zero-order chi connectivity index (χ0) is 9.10. The summed E-state index contributed by atoms with van der Waals surface area (Å²) in [5.41, 5.74) is 8.36. The zero-order valence-corrected chi connectivity index (χ0v) is 7.74. The van der Waals surface area contributed by atoms with Gasteiger partial charge in [0.25, 0.3) is 0 Å². The van der Waals surface area contributed by atoms with Crippen molar-refractivity contribution in [2.45, 2.75) is 25.3 Å². The SMILES string of the molecule is NC1CN=CC=C1C1=NCCCC1. The normalized spacial score (nSPS) is 28.2. The standard InChI is InChI=1S/C10H15N3/c11-9-7-12-6-4-8(9)10-3-1-2-5-13-10/h4,6,9H,1-3,5,7,11H2. The van der Waals surface area contributed by atoms with Gasteiger partial charge in [-0.2, -0.15) is 0 Å². The molecule has 1 atom stereocenters. The second-order valence-electron chi connectivity index (χ2n) is 3.53. The van der Waals surface area contributed by atoms with Gasteiger partial charge in [-0.1, -0.05) is 0 Å². The fourth-order valence-electron chi connectivity index (χ4n) is 1.77. The number of nitrogens with zero attached hydrogens (tertiary/aromatic N) is 2. The molecule has 0 fully saturated rings. The van der Waals surface area contributed by atoms with E-state index in [1.807, 2.05) is 12.3 Å². The van der Waals surface area contributed by atoms with Gasteiger partial charge in [-0.25, -0.2) is 0 Å². The Morgan fingerprint density at radius 1 is 1.38 bits per heavy atom. The molecule has 0 aromatic carbocycles. The van der Waals surface area contributed by atoms with Crippen LogP contribution in [0.15, 0.2) is 21.6 Å². The van der Waals surface area contributed by atoms with E-state index in [0.29, 0.717) is 6.54 Å². The van der Waals surface area contributed by atoms with Crippen LogP contribution in [0, 0.1) is 0 Å². The molecule has 0 amide bonds. The average Bonchev–Trinajstić information content (AvgIpc) is 2.20. The van der Waals surface area contributed by atoms with Crippen molar-refractivity contribution >= 4 is 11.9 Å². The summed E-state index contributed by atoms with van der Waals surface area (Å²) in [4.78, 5) is 8.63. The smallest absolute Gasteiger partial charge is 0.0583 e. The topological polar surface area (TPSA) is 50.7 Å². The minimum Gasteiger partial charge on any atom is -0.322 e. The van der Waals surface area contributed by atoms with Crippen LogP contribution in [0.1, 0.15) is 19.3 Å². The van der Waals surface area contributed by atoms with E-state index in [0.717, 1.165) is 13.0 Å². The van der Waals surface area contributed by atoms with Gasteiger partial charge < -0.3 is 5.73 Å². The van der Waals surface area contributed by atoms with Crippen LogP contribution < -0.4 is 5.73 Å². The summed E-state index contributed by atoms with van der Waals surface area (Å²) in [6.45, 7) is 1.68. The number of aliphatic imine (C=N–C) groups is 2. The lowest BCUT2D eigenvalue weighted by molar-refractivity contribution is 0.722. The molecule has 0 aromatic rings.